The van der Waals surface area contributed by atoms with Crippen LogP contribution in [-0.2, 0) is 84.8 Å². The van der Waals surface area contributed by atoms with E-state index in [0.717, 1.165) is 0 Å². The molecule has 14 amide bonds. The Morgan fingerprint density at radius 1 is 0.446 bits per heavy atom. The number of hydrogen-bond donors (Lipinski definition) is 22. The largest absolute Gasteiger partial charge is 0.480 e. The van der Waals surface area contributed by atoms with Crippen LogP contribution in [0.3, 0.4) is 0 Å². The van der Waals surface area contributed by atoms with Gasteiger partial charge in [0.25, 0.3) is 0 Å². The first-order valence-electron chi connectivity index (χ1n) is 38.7. The van der Waals surface area contributed by atoms with Crippen molar-refractivity contribution >= 4 is 88.7 Å². The van der Waals surface area contributed by atoms with Gasteiger partial charge in [-0.15, -0.1) is 0 Å². The first kappa shape index (κ1) is 98.3. The van der Waals surface area contributed by atoms with E-state index in [4.69, 9.17) is 34.4 Å². The van der Waals surface area contributed by atoms with Gasteiger partial charge < -0.3 is 119 Å². The lowest BCUT2D eigenvalue weighted by Gasteiger charge is -2.30. The summed E-state index contributed by atoms with van der Waals surface area (Å²) in [4.78, 5) is 214. The molecule has 1 heterocycles. The Morgan fingerprint density at radius 2 is 0.866 bits per heavy atom. The molecule has 112 heavy (non-hydrogen) atoms. The normalized spacial score (nSPS) is 15.1. The minimum absolute atomic E-state index is 0.0453. The van der Waals surface area contributed by atoms with E-state index in [1.54, 1.807) is 85.7 Å². The average molecular weight is 1580 g/mol. The van der Waals surface area contributed by atoms with Gasteiger partial charge in [0.05, 0.1) is 25.5 Å². The number of imidazole rings is 1. The number of primary amides is 1. The molecule has 28 N–H and O–H groups in total. The maximum absolute atomic E-state index is 14.8. The van der Waals surface area contributed by atoms with Crippen molar-refractivity contribution in [2.45, 2.75) is 256 Å². The molecule has 0 saturated carbocycles. The van der Waals surface area contributed by atoms with Crippen LogP contribution in [0.15, 0.2) is 42.9 Å². The Bertz CT molecular complexity index is 3310. The molecule has 0 radical (unpaired) electrons. The van der Waals surface area contributed by atoms with Gasteiger partial charge >= 0.3 is 5.97 Å². The van der Waals surface area contributed by atoms with Crippen LogP contribution in [-0.4, -0.2) is 227 Å². The van der Waals surface area contributed by atoms with Crippen LogP contribution in [0.2, 0.25) is 0 Å². The second kappa shape index (κ2) is 53.2. The zero-order chi connectivity index (χ0) is 84.2. The van der Waals surface area contributed by atoms with Gasteiger partial charge in [0.1, 0.15) is 72.5 Å². The summed E-state index contributed by atoms with van der Waals surface area (Å²) in [5, 5.41) is 53.7. The number of carboxylic acid groups (broad SMARTS) is 1. The standard InChI is InChI=1S/C74H127N21O17/c1-10-44(8)61(95-62(99)45(9)84-72(109)60(43(6)7)93-58(98)38-82-71(108)59(42(4)5)94-66(103)50(26-16-20-32-77)86-70(107)56(39-96)92-63(100)48(79)24-14-18-30-75)73(110)87-51(28-29-57(80)97)65(102)89-53(34-41(2)3)67(104)90-54(35-46-22-12-11-13-23-46)68(105)91-55(36-47-37-81-40-83-47)69(106)85-49(25-15-19-31-76)64(101)88-52(74(111)112)27-17-21-33-78/h11-13,22-23,37,40-45,48-56,59-61,96H,10,14-21,24-36,38-39,75-79H2,1-9H3,(H2,80,97)(H,81,83)(H,82,108)(H,84,109)(H,85,106)(H,86,107)(H,87,110)(H,88,101)(H,89,102)(H,90,104)(H,91,105)(H,92,100)(H,93,98)(H,94,103)(H,95,99)(H,111,112)/t44-,45-,48+,49+,50-,51-,52+,53-,54-,55-,56+,59-,60-,61-/m0/s1. The third-order valence-electron chi connectivity index (χ3n) is 18.5. The van der Waals surface area contributed by atoms with Gasteiger partial charge in [-0.2, -0.15) is 0 Å². The van der Waals surface area contributed by atoms with E-state index >= 15 is 0 Å². The van der Waals surface area contributed by atoms with Crippen LogP contribution in [0, 0.1) is 23.7 Å². The fourth-order valence-electron chi connectivity index (χ4n) is 11.6. The number of benzene rings is 1. The van der Waals surface area contributed by atoms with Crippen molar-refractivity contribution in [1.29, 1.82) is 0 Å². The third kappa shape index (κ3) is 37.0. The molecule has 0 bridgehead atoms. The molecule has 0 spiro atoms. The summed E-state index contributed by atoms with van der Waals surface area (Å²) in [6.07, 6.45) is 5.89. The number of unbranched alkanes of at least 4 members (excludes halogenated alkanes) is 4. The number of nitrogens with zero attached hydrogens (tertiary/aromatic N) is 1. The van der Waals surface area contributed by atoms with E-state index in [2.05, 4.69) is 79.1 Å². The lowest BCUT2D eigenvalue weighted by atomic mass is 9.96. The van der Waals surface area contributed by atoms with Crippen molar-refractivity contribution in [1.82, 2.24) is 79.1 Å². The highest BCUT2D eigenvalue weighted by Crippen LogP contribution is 2.16. The Morgan fingerprint density at radius 3 is 1.35 bits per heavy atom. The molecular weight excluding hydrogens is 1450 g/mol. The van der Waals surface area contributed by atoms with Crippen molar-refractivity contribution in [2.75, 3.05) is 39.3 Å². The predicted molar refractivity (Wildman–Crippen MR) is 416 cm³/mol. The number of carbonyl (C=O) groups is 15. The number of aliphatic hydroxyl groups is 1. The number of rotatable bonds is 57. The summed E-state index contributed by atoms with van der Waals surface area (Å²) in [6.45, 7) is 14.3. The topological polar surface area (TPSA) is 638 Å². The number of nitrogens with two attached hydrogens (primary N) is 6. The van der Waals surface area contributed by atoms with Gasteiger partial charge in [0.15, 0.2) is 0 Å². The Hall–Kier alpha value is -9.76. The first-order valence-corrected chi connectivity index (χ1v) is 38.7. The SMILES string of the molecule is CC[C@H](C)[C@H](NC(=O)[C@H](C)NC(=O)[C@@H](NC(=O)CNC(=O)[C@@H](NC(=O)[C@H](CCCCN)NC(=O)[C@@H](CO)NC(=O)[C@H](N)CCCCN)C(C)C)C(C)C)C(=O)N[C@@H](CCC(N)=O)C(=O)N[C@@H](CC(C)C)C(=O)N[C@@H](Cc1ccccc1)C(=O)N[C@@H](Cc1cnc[nH]1)C(=O)N[C@H](CCCCN)C(=O)N[C@H](CCCCN)C(=O)O. The summed E-state index contributed by atoms with van der Waals surface area (Å²) in [5.41, 5.74) is 35.1. The highest BCUT2D eigenvalue weighted by atomic mass is 16.4. The molecule has 2 aromatic rings. The van der Waals surface area contributed by atoms with E-state index in [-0.39, 0.29) is 70.4 Å². The van der Waals surface area contributed by atoms with Crippen molar-refractivity contribution in [3.05, 3.63) is 54.1 Å². The van der Waals surface area contributed by atoms with Crippen molar-refractivity contribution in [3.63, 3.8) is 0 Å². The molecule has 0 fully saturated rings. The second-order valence-corrected chi connectivity index (χ2v) is 29.2. The Balaban J connectivity index is 2.38. The van der Waals surface area contributed by atoms with E-state index in [1.807, 2.05) is 0 Å². The number of carbonyl (C=O) groups excluding carboxylic acids is 14. The fourth-order valence-corrected chi connectivity index (χ4v) is 11.6. The summed E-state index contributed by atoms with van der Waals surface area (Å²) in [7, 11) is 0. The highest BCUT2D eigenvalue weighted by Gasteiger charge is 2.38. The Labute approximate surface area is 655 Å². The highest BCUT2D eigenvalue weighted by molar-refractivity contribution is 6.00. The number of nitrogens with one attached hydrogen (secondary N) is 14. The molecule has 0 aliphatic heterocycles. The van der Waals surface area contributed by atoms with Crippen molar-refractivity contribution in [3.8, 4) is 0 Å². The molecule has 0 aliphatic rings. The van der Waals surface area contributed by atoms with Gasteiger partial charge in [-0.3, -0.25) is 67.1 Å². The molecule has 630 valence electrons. The number of H-pyrrole nitrogens is 1. The number of aromatic amines is 1. The molecule has 2 rings (SSSR count). The van der Waals surface area contributed by atoms with Crippen LogP contribution >= 0.6 is 0 Å². The lowest BCUT2D eigenvalue weighted by Crippen LogP contribution is -2.61. The quantitative estimate of drug-likeness (QED) is 0.0279. The molecule has 14 atom stereocenters. The number of aliphatic carboxylic acids is 1. The molecular formula is C74H127N21O17. The second-order valence-electron chi connectivity index (χ2n) is 29.2. The zero-order valence-electron chi connectivity index (χ0n) is 66.3. The van der Waals surface area contributed by atoms with Gasteiger partial charge in [0.2, 0.25) is 82.7 Å². The maximum atomic E-state index is 14.8. The van der Waals surface area contributed by atoms with E-state index in [1.165, 1.54) is 19.4 Å². The molecule has 0 saturated heterocycles. The molecule has 0 aliphatic carbocycles. The number of hydrogen-bond acceptors (Lipinski definition) is 22. The van der Waals surface area contributed by atoms with Crippen molar-refractivity contribution < 1.29 is 82.1 Å². The van der Waals surface area contributed by atoms with Crippen LogP contribution in [0.1, 0.15) is 176 Å². The molecule has 0 unspecified atom stereocenters. The summed E-state index contributed by atoms with van der Waals surface area (Å²) < 4.78 is 0. The van der Waals surface area contributed by atoms with Gasteiger partial charge in [0, 0.05) is 31.2 Å². The minimum Gasteiger partial charge on any atom is -0.480 e. The van der Waals surface area contributed by atoms with Crippen LogP contribution in [0.5, 0.6) is 0 Å². The molecule has 1 aromatic heterocycles. The molecule has 1 aromatic carbocycles. The lowest BCUT2D eigenvalue weighted by molar-refractivity contribution is -0.142. The molecule has 38 nitrogen and oxygen atoms in total. The predicted octanol–water partition coefficient (Wildman–Crippen LogP) is -4.26. The monoisotopic (exact) mass is 1580 g/mol. The fraction of sp³-hybridized carbons (Fsp3) is 0.676. The number of carboxylic acids is 1. The van der Waals surface area contributed by atoms with E-state index in [0.29, 0.717) is 75.7 Å². The van der Waals surface area contributed by atoms with Gasteiger partial charge in [-0.25, -0.2) is 9.78 Å². The summed E-state index contributed by atoms with van der Waals surface area (Å²) in [6, 6.07) is -9.13. The summed E-state index contributed by atoms with van der Waals surface area (Å²) >= 11 is 0. The maximum Gasteiger partial charge on any atom is 0.326 e. The third-order valence-corrected chi connectivity index (χ3v) is 18.5. The van der Waals surface area contributed by atoms with E-state index < -0.39 is 211 Å². The smallest absolute Gasteiger partial charge is 0.326 e. The molecule has 38 heteroatoms. The first-order chi connectivity index (χ1) is 53.1. The van der Waals surface area contributed by atoms with Crippen LogP contribution in [0.4, 0.5) is 0 Å². The van der Waals surface area contributed by atoms with Gasteiger partial charge in [-0.1, -0.05) is 98.6 Å². The van der Waals surface area contributed by atoms with Crippen LogP contribution in [0.25, 0.3) is 0 Å². The minimum atomic E-state index is -1.59. The van der Waals surface area contributed by atoms with E-state index in [9.17, 15) is 82.1 Å². The number of aromatic nitrogens is 2. The van der Waals surface area contributed by atoms with Gasteiger partial charge in [-0.05, 0) is 146 Å². The summed E-state index contributed by atoms with van der Waals surface area (Å²) in [5.74, 6) is -15.4. The van der Waals surface area contributed by atoms with Crippen LogP contribution < -0.4 is 104 Å². The Kier molecular flexibility index (Phi) is 46.7. The van der Waals surface area contributed by atoms with Crippen molar-refractivity contribution in [2.24, 2.45) is 58.1 Å². The number of amides is 14. The number of aliphatic hydroxyl groups excluding tert-OH is 1. The zero-order valence-corrected chi connectivity index (χ0v) is 66.3. The average Bonchev–Trinajstić information content (AvgIpc) is 1.37.